The van der Waals surface area contributed by atoms with Crippen molar-refractivity contribution in [2.75, 3.05) is 0 Å². The third kappa shape index (κ3) is 3.06. The number of hydrogen-bond acceptors (Lipinski definition) is 4. The maximum absolute atomic E-state index is 5.13. The lowest BCUT2D eigenvalue weighted by Gasteiger charge is -1.90. The molecule has 0 fully saturated rings. The van der Waals surface area contributed by atoms with E-state index in [0.29, 0.717) is 0 Å². The molecule has 1 aromatic heterocycles. The van der Waals surface area contributed by atoms with Crippen LogP contribution < -0.4 is 11.2 Å². The van der Waals surface area contributed by atoms with Crippen molar-refractivity contribution >= 4 is 34.9 Å². The average Bonchev–Trinajstić information content (AvgIpc) is 2.39. The second-order valence-electron chi connectivity index (χ2n) is 1.64. The van der Waals surface area contributed by atoms with E-state index in [1.807, 2.05) is 0 Å². The van der Waals surface area contributed by atoms with Crippen molar-refractivity contribution in [3.8, 4) is 0 Å². The van der Waals surface area contributed by atoms with Crippen LogP contribution in [0.5, 0.6) is 0 Å². The summed E-state index contributed by atoms with van der Waals surface area (Å²) < 4.78 is 0. The van der Waals surface area contributed by atoms with E-state index in [9.17, 15) is 0 Å². The first-order valence-electron chi connectivity index (χ1n) is 2.76. The summed E-state index contributed by atoms with van der Waals surface area (Å²) >= 11 is 6.02. The van der Waals surface area contributed by atoms with E-state index in [1.54, 1.807) is 17.9 Å². The summed E-state index contributed by atoms with van der Waals surface area (Å²) in [4.78, 5) is 4.81. The van der Waals surface area contributed by atoms with Gasteiger partial charge in [0, 0.05) is 6.20 Å². The highest BCUT2D eigenvalue weighted by Crippen LogP contribution is 2.00. The van der Waals surface area contributed by atoms with Gasteiger partial charge in [-0.05, 0) is 12.2 Å². The van der Waals surface area contributed by atoms with Crippen molar-refractivity contribution in [1.29, 1.82) is 0 Å². The molecule has 0 bridgehead atoms. The maximum Gasteiger partial charge on any atom is 0.184 e. The largest absolute Gasteiger partial charge is 0.375 e. The minimum absolute atomic E-state index is 0.158. The van der Waals surface area contributed by atoms with Gasteiger partial charge in [0.2, 0.25) is 0 Å². The summed E-state index contributed by atoms with van der Waals surface area (Å²) in [6.45, 7) is 0. The van der Waals surface area contributed by atoms with Crippen LogP contribution in [-0.4, -0.2) is 16.3 Å². The SMILES string of the molecule is NC(=S)NN=Cc1cncs1. The zero-order chi connectivity index (χ0) is 8.10. The lowest BCUT2D eigenvalue weighted by atomic mass is 10.6. The molecule has 0 saturated carbocycles. The Kier molecular flexibility index (Phi) is 2.94. The summed E-state index contributed by atoms with van der Waals surface area (Å²) in [5.41, 5.74) is 9.29. The normalized spacial score (nSPS) is 10.2. The van der Waals surface area contributed by atoms with Crippen LogP contribution in [0.4, 0.5) is 0 Å². The molecule has 0 atom stereocenters. The molecule has 0 spiro atoms. The predicted molar refractivity (Wildman–Crippen MR) is 49.6 cm³/mol. The van der Waals surface area contributed by atoms with Gasteiger partial charge in [-0.1, -0.05) is 0 Å². The third-order valence-corrected chi connectivity index (χ3v) is 1.62. The Bertz CT molecular complexity index is 253. The molecular weight excluding hydrogens is 180 g/mol. The first kappa shape index (κ1) is 8.09. The van der Waals surface area contributed by atoms with Crippen LogP contribution in [0.3, 0.4) is 0 Å². The molecule has 1 rings (SSSR count). The van der Waals surface area contributed by atoms with Gasteiger partial charge in [-0.3, -0.25) is 10.4 Å². The summed E-state index contributed by atoms with van der Waals surface area (Å²) in [7, 11) is 0. The van der Waals surface area contributed by atoms with Crippen LogP contribution in [0, 0.1) is 0 Å². The molecule has 11 heavy (non-hydrogen) atoms. The number of nitrogens with zero attached hydrogens (tertiary/aromatic N) is 2. The number of hydrogen-bond donors (Lipinski definition) is 2. The molecule has 58 valence electrons. The molecule has 0 aliphatic heterocycles. The number of aromatic nitrogens is 1. The van der Waals surface area contributed by atoms with E-state index in [2.05, 4.69) is 27.7 Å². The highest BCUT2D eigenvalue weighted by atomic mass is 32.1. The second-order valence-corrected chi connectivity index (χ2v) is 3.00. The Morgan fingerprint density at radius 3 is 3.27 bits per heavy atom. The van der Waals surface area contributed by atoms with E-state index in [-0.39, 0.29) is 5.11 Å². The fourth-order valence-electron chi connectivity index (χ4n) is 0.449. The van der Waals surface area contributed by atoms with Gasteiger partial charge in [-0.15, -0.1) is 11.3 Å². The lowest BCUT2D eigenvalue weighted by Crippen LogP contribution is -2.23. The van der Waals surface area contributed by atoms with Crippen LogP contribution in [0.25, 0.3) is 0 Å². The molecule has 4 nitrogen and oxygen atoms in total. The van der Waals surface area contributed by atoms with E-state index in [4.69, 9.17) is 5.73 Å². The number of thiazole rings is 1. The Labute approximate surface area is 73.1 Å². The first-order valence-corrected chi connectivity index (χ1v) is 4.05. The van der Waals surface area contributed by atoms with Crippen LogP contribution in [-0.2, 0) is 0 Å². The van der Waals surface area contributed by atoms with Crippen molar-refractivity contribution in [3.05, 3.63) is 16.6 Å². The first-order chi connectivity index (χ1) is 5.29. The topological polar surface area (TPSA) is 63.3 Å². The Hall–Kier alpha value is -1.01. The Morgan fingerprint density at radius 2 is 2.73 bits per heavy atom. The van der Waals surface area contributed by atoms with Crippen LogP contribution in [0.15, 0.2) is 16.8 Å². The molecule has 6 heteroatoms. The van der Waals surface area contributed by atoms with Crippen LogP contribution in [0.1, 0.15) is 4.88 Å². The number of rotatable bonds is 2. The minimum Gasteiger partial charge on any atom is -0.375 e. The van der Waals surface area contributed by atoms with Crippen molar-refractivity contribution in [2.24, 2.45) is 10.8 Å². The molecule has 1 heterocycles. The number of hydrazone groups is 1. The quantitative estimate of drug-likeness (QED) is 0.396. The van der Waals surface area contributed by atoms with E-state index < -0.39 is 0 Å². The fraction of sp³-hybridized carbons (Fsp3) is 0. The molecule has 0 saturated heterocycles. The Balaban J connectivity index is 2.43. The molecule has 0 amide bonds. The van der Waals surface area contributed by atoms with Crippen LogP contribution >= 0.6 is 23.6 Å². The van der Waals surface area contributed by atoms with Crippen molar-refractivity contribution < 1.29 is 0 Å². The molecular formula is C5H6N4S2. The minimum atomic E-state index is 0.158. The zero-order valence-corrected chi connectivity index (χ0v) is 7.15. The van der Waals surface area contributed by atoms with Gasteiger partial charge in [-0.25, -0.2) is 0 Å². The van der Waals surface area contributed by atoms with Crippen LogP contribution in [0.2, 0.25) is 0 Å². The smallest absolute Gasteiger partial charge is 0.184 e. The van der Waals surface area contributed by atoms with Crippen molar-refractivity contribution in [2.45, 2.75) is 0 Å². The summed E-state index contributed by atoms with van der Waals surface area (Å²) in [5, 5.41) is 3.90. The molecule has 0 aliphatic carbocycles. The second kappa shape index (κ2) is 3.99. The summed E-state index contributed by atoms with van der Waals surface area (Å²) in [6.07, 6.45) is 3.31. The number of thiocarbonyl (C=S) groups is 1. The van der Waals surface area contributed by atoms with Gasteiger partial charge >= 0.3 is 0 Å². The van der Waals surface area contributed by atoms with E-state index >= 15 is 0 Å². The van der Waals surface area contributed by atoms with E-state index in [1.165, 1.54) is 11.3 Å². The fourth-order valence-corrected chi connectivity index (χ4v) is 0.980. The van der Waals surface area contributed by atoms with Crippen molar-refractivity contribution in [1.82, 2.24) is 10.4 Å². The highest BCUT2D eigenvalue weighted by Gasteiger charge is 1.86. The monoisotopic (exact) mass is 186 g/mol. The molecule has 0 unspecified atom stereocenters. The Morgan fingerprint density at radius 1 is 1.91 bits per heavy atom. The van der Waals surface area contributed by atoms with Gasteiger partial charge in [0.1, 0.15) is 0 Å². The average molecular weight is 186 g/mol. The maximum atomic E-state index is 5.13. The number of nitrogens with one attached hydrogen (secondary N) is 1. The molecule has 3 N–H and O–H groups in total. The van der Waals surface area contributed by atoms with Gasteiger partial charge in [0.25, 0.3) is 0 Å². The summed E-state index contributed by atoms with van der Waals surface area (Å²) in [5.74, 6) is 0. The molecule has 1 aromatic rings. The predicted octanol–water partition coefficient (Wildman–Crippen LogP) is 0.310. The van der Waals surface area contributed by atoms with Gasteiger partial charge in [0.15, 0.2) is 5.11 Å². The van der Waals surface area contributed by atoms with Gasteiger partial charge in [-0.2, -0.15) is 5.10 Å². The van der Waals surface area contributed by atoms with Gasteiger partial charge < -0.3 is 5.73 Å². The van der Waals surface area contributed by atoms with E-state index in [0.717, 1.165) is 4.88 Å². The van der Waals surface area contributed by atoms with Crippen molar-refractivity contribution in [3.63, 3.8) is 0 Å². The molecule has 0 aliphatic rings. The third-order valence-electron chi connectivity index (χ3n) is 0.818. The van der Waals surface area contributed by atoms with Gasteiger partial charge in [0.05, 0.1) is 16.6 Å². The standard InChI is InChI=1S/C5H6N4S2/c6-5(10)9-8-2-4-1-7-3-11-4/h1-3H,(H3,6,9,10). The number of nitrogens with two attached hydrogens (primary N) is 1. The highest BCUT2D eigenvalue weighted by molar-refractivity contribution is 7.80. The summed E-state index contributed by atoms with van der Waals surface area (Å²) in [6, 6.07) is 0. The molecule has 0 radical (unpaired) electrons. The zero-order valence-electron chi connectivity index (χ0n) is 5.52. The molecule has 0 aromatic carbocycles. The lowest BCUT2D eigenvalue weighted by molar-refractivity contribution is 1.04.